The quantitative estimate of drug-likeness (QED) is 0.761. The normalized spacial score (nSPS) is 25.8. The highest BCUT2D eigenvalue weighted by atomic mass is 19.4. The van der Waals surface area contributed by atoms with Gasteiger partial charge in [0, 0.05) is 5.56 Å². The van der Waals surface area contributed by atoms with E-state index in [1.165, 1.54) is 18.2 Å². The minimum atomic E-state index is -4.50. The van der Waals surface area contributed by atoms with Gasteiger partial charge in [0.1, 0.15) is 5.67 Å². The van der Waals surface area contributed by atoms with Gasteiger partial charge in [-0.15, -0.1) is 0 Å². The van der Waals surface area contributed by atoms with Gasteiger partial charge in [0.05, 0.1) is 5.56 Å². The first-order valence-corrected chi connectivity index (χ1v) is 6.00. The maximum Gasteiger partial charge on any atom is 0.416 e. The van der Waals surface area contributed by atoms with Gasteiger partial charge in [0.15, 0.2) is 0 Å². The minimum absolute atomic E-state index is 0.0834. The molecule has 1 atom stereocenters. The summed E-state index contributed by atoms with van der Waals surface area (Å²) in [6.45, 7) is 1.06. The molecule has 0 amide bonds. The first kappa shape index (κ1) is 13.3. The van der Waals surface area contributed by atoms with E-state index in [-0.39, 0.29) is 18.4 Å². The number of alkyl halides is 4. The zero-order valence-corrected chi connectivity index (χ0v) is 9.86. The van der Waals surface area contributed by atoms with Gasteiger partial charge in [-0.1, -0.05) is 18.2 Å². The molecule has 0 radical (unpaired) electrons. The fraction of sp³-hybridized carbons (Fsp3) is 0.538. The molecule has 5 heteroatoms. The molecule has 1 aliphatic heterocycles. The second-order valence-corrected chi connectivity index (χ2v) is 4.61. The second kappa shape index (κ2) is 4.88. The summed E-state index contributed by atoms with van der Waals surface area (Å²) >= 11 is 0. The Morgan fingerprint density at radius 1 is 1.06 bits per heavy atom. The minimum Gasteiger partial charge on any atom is -0.317 e. The van der Waals surface area contributed by atoms with Crippen molar-refractivity contribution in [1.82, 2.24) is 5.32 Å². The van der Waals surface area contributed by atoms with Crippen LogP contribution in [0.4, 0.5) is 17.6 Å². The van der Waals surface area contributed by atoms with Gasteiger partial charge in [0.25, 0.3) is 0 Å². The lowest BCUT2D eigenvalue weighted by Crippen LogP contribution is -2.26. The van der Waals surface area contributed by atoms with Crippen LogP contribution < -0.4 is 5.32 Å². The molecule has 1 heterocycles. The Morgan fingerprint density at radius 3 is 2.50 bits per heavy atom. The summed E-state index contributed by atoms with van der Waals surface area (Å²) in [6.07, 6.45) is -3.74. The fourth-order valence-corrected chi connectivity index (χ4v) is 2.42. The van der Waals surface area contributed by atoms with Gasteiger partial charge in [-0.2, -0.15) is 13.2 Å². The highest BCUT2D eigenvalue weighted by Crippen LogP contribution is 2.42. The predicted molar refractivity (Wildman–Crippen MR) is 61.0 cm³/mol. The summed E-state index contributed by atoms with van der Waals surface area (Å²) in [5.74, 6) is 0. The molecule has 2 rings (SSSR count). The number of nitrogens with one attached hydrogen (secondary N) is 1. The van der Waals surface area contributed by atoms with Crippen molar-refractivity contribution in [3.63, 3.8) is 0 Å². The van der Waals surface area contributed by atoms with E-state index in [9.17, 15) is 17.6 Å². The van der Waals surface area contributed by atoms with Crippen molar-refractivity contribution in [2.75, 3.05) is 13.1 Å². The molecule has 1 fully saturated rings. The smallest absolute Gasteiger partial charge is 0.317 e. The zero-order valence-electron chi connectivity index (χ0n) is 9.86. The van der Waals surface area contributed by atoms with Crippen molar-refractivity contribution in [2.24, 2.45) is 0 Å². The first-order chi connectivity index (χ1) is 8.43. The largest absolute Gasteiger partial charge is 0.416 e. The van der Waals surface area contributed by atoms with Gasteiger partial charge in [-0.3, -0.25) is 0 Å². The van der Waals surface area contributed by atoms with Gasteiger partial charge in [-0.25, -0.2) is 4.39 Å². The van der Waals surface area contributed by atoms with Crippen molar-refractivity contribution in [3.8, 4) is 0 Å². The SMILES string of the molecule is FC(F)(F)c1ccccc1C1(F)CCCNCC1. The van der Waals surface area contributed by atoms with Crippen LogP contribution in [-0.4, -0.2) is 13.1 Å². The molecule has 1 aromatic carbocycles. The van der Waals surface area contributed by atoms with Crippen molar-refractivity contribution in [2.45, 2.75) is 31.1 Å². The lowest BCUT2D eigenvalue weighted by Gasteiger charge is -2.27. The summed E-state index contributed by atoms with van der Waals surface area (Å²) < 4.78 is 53.5. The molecule has 0 saturated carbocycles. The van der Waals surface area contributed by atoms with E-state index in [0.717, 1.165) is 6.07 Å². The zero-order chi connectivity index (χ0) is 13.2. The van der Waals surface area contributed by atoms with Crippen LogP contribution in [-0.2, 0) is 11.8 Å². The summed E-state index contributed by atoms with van der Waals surface area (Å²) in [5, 5.41) is 3.01. The third kappa shape index (κ3) is 2.66. The Kier molecular flexibility index (Phi) is 3.61. The van der Waals surface area contributed by atoms with Crippen molar-refractivity contribution in [1.29, 1.82) is 0 Å². The van der Waals surface area contributed by atoms with Crippen LogP contribution >= 0.6 is 0 Å². The Bertz CT molecular complexity index is 406. The summed E-state index contributed by atoms with van der Waals surface area (Å²) in [6, 6.07) is 4.97. The number of benzene rings is 1. The van der Waals surface area contributed by atoms with Gasteiger partial charge < -0.3 is 5.32 Å². The third-order valence-corrected chi connectivity index (χ3v) is 3.34. The number of halogens is 4. The standard InChI is InChI=1S/C13H15F4N/c14-12(6-3-8-18-9-7-12)10-4-1-2-5-11(10)13(15,16)17/h1-2,4-5,18H,3,6-9H2. The molecule has 1 saturated heterocycles. The molecule has 18 heavy (non-hydrogen) atoms. The van der Waals surface area contributed by atoms with Crippen molar-refractivity contribution >= 4 is 0 Å². The lowest BCUT2D eigenvalue weighted by molar-refractivity contribution is -0.139. The van der Waals surface area contributed by atoms with Gasteiger partial charge in [0.2, 0.25) is 0 Å². The Morgan fingerprint density at radius 2 is 1.78 bits per heavy atom. The van der Waals surface area contributed by atoms with Gasteiger partial charge in [-0.05, 0) is 38.4 Å². The Labute approximate surface area is 103 Å². The molecule has 1 nitrogen and oxygen atoms in total. The van der Waals surface area contributed by atoms with E-state index < -0.39 is 17.4 Å². The summed E-state index contributed by atoms with van der Waals surface area (Å²) in [4.78, 5) is 0. The molecule has 0 aromatic heterocycles. The molecule has 1 unspecified atom stereocenters. The summed E-state index contributed by atoms with van der Waals surface area (Å²) in [5.41, 5.74) is -2.95. The number of hydrogen-bond acceptors (Lipinski definition) is 1. The molecule has 0 bridgehead atoms. The molecule has 0 aliphatic carbocycles. The lowest BCUT2D eigenvalue weighted by atomic mass is 9.85. The molecule has 1 aromatic rings. The fourth-order valence-electron chi connectivity index (χ4n) is 2.42. The van der Waals surface area contributed by atoms with E-state index in [0.29, 0.717) is 19.5 Å². The molecule has 1 N–H and O–H groups in total. The molecular weight excluding hydrogens is 246 g/mol. The van der Waals surface area contributed by atoms with Crippen LogP contribution in [0.2, 0.25) is 0 Å². The third-order valence-electron chi connectivity index (χ3n) is 3.34. The highest BCUT2D eigenvalue weighted by molar-refractivity contribution is 5.35. The molecule has 0 spiro atoms. The predicted octanol–water partition coefficient (Wildman–Crippen LogP) is 3.64. The number of rotatable bonds is 1. The second-order valence-electron chi connectivity index (χ2n) is 4.61. The van der Waals surface area contributed by atoms with E-state index in [1.807, 2.05) is 0 Å². The van der Waals surface area contributed by atoms with Crippen molar-refractivity contribution < 1.29 is 17.6 Å². The Hall–Kier alpha value is -1.10. The van der Waals surface area contributed by atoms with Crippen LogP contribution in [0.25, 0.3) is 0 Å². The Balaban J connectivity index is 2.43. The maximum atomic E-state index is 14.8. The van der Waals surface area contributed by atoms with Crippen LogP contribution in [0.5, 0.6) is 0 Å². The first-order valence-electron chi connectivity index (χ1n) is 6.00. The van der Waals surface area contributed by atoms with E-state index >= 15 is 0 Å². The van der Waals surface area contributed by atoms with Crippen LogP contribution in [0.15, 0.2) is 24.3 Å². The van der Waals surface area contributed by atoms with E-state index in [1.54, 1.807) is 0 Å². The summed E-state index contributed by atoms with van der Waals surface area (Å²) in [7, 11) is 0. The molecule has 1 aliphatic rings. The monoisotopic (exact) mass is 261 g/mol. The average Bonchev–Trinajstić information content (AvgIpc) is 2.54. The number of hydrogen-bond donors (Lipinski definition) is 1. The maximum absolute atomic E-state index is 14.8. The average molecular weight is 261 g/mol. The van der Waals surface area contributed by atoms with Crippen LogP contribution in [0, 0.1) is 0 Å². The molecule has 100 valence electrons. The van der Waals surface area contributed by atoms with Crippen LogP contribution in [0.3, 0.4) is 0 Å². The van der Waals surface area contributed by atoms with E-state index in [2.05, 4.69) is 5.32 Å². The topological polar surface area (TPSA) is 12.0 Å². The molecular formula is C13H15F4N. The van der Waals surface area contributed by atoms with Crippen LogP contribution in [0.1, 0.15) is 30.4 Å². The van der Waals surface area contributed by atoms with Crippen molar-refractivity contribution in [3.05, 3.63) is 35.4 Å². The van der Waals surface area contributed by atoms with Gasteiger partial charge >= 0.3 is 6.18 Å². The highest BCUT2D eigenvalue weighted by Gasteiger charge is 2.41. The van der Waals surface area contributed by atoms with E-state index in [4.69, 9.17) is 0 Å².